The molecule has 0 bridgehead atoms. The lowest BCUT2D eigenvalue weighted by molar-refractivity contribution is 0.0974. The summed E-state index contributed by atoms with van der Waals surface area (Å²) < 4.78 is 15.7. The number of hydrogen-bond donors (Lipinski definition) is 1. The molecule has 0 N–H and O–H groups in total. The van der Waals surface area contributed by atoms with Crippen molar-refractivity contribution in [1.82, 2.24) is 9.13 Å². The molecule has 81 heavy (non-hydrogen) atoms. The number of halogens is 3. The molecule has 8 nitrogen and oxygen atoms in total. The topological polar surface area (TPSA) is 96.6 Å². The highest BCUT2D eigenvalue weighted by Gasteiger charge is 2.20. The Morgan fingerprint density at radius 1 is 0.494 bits per heavy atom. The van der Waals surface area contributed by atoms with Crippen LogP contribution in [0.2, 0.25) is 10.0 Å². The van der Waals surface area contributed by atoms with Crippen LogP contribution in [0.25, 0.3) is 43.6 Å². The lowest BCUT2D eigenvalue weighted by Crippen LogP contribution is -2.06. The van der Waals surface area contributed by atoms with Crippen molar-refractivity contribution in [2.75, 3.05) is 38.1 Å². The van der Waals surface area contributed by atoms with Gasteiger partial charge in [-0.15, -0.1) is 36.0 Å². The minimum absolute atomic E-state index is 0.000408. The van der Waals surface area contributed by atoms with E-state index in [1.165, 1.54) is 0 Å². The van der Waals surface area contributed by atoms with Gasteiger partial charge in [0.1, 0.15) is 0 Å². The predicted octanol–water partition coefficient (Wildman–Crippen LogP) is 18.0. The minimum Gasteiger partial charge on any atom is -0.380 e. The van der Waals surface area contributed by atoms with Gasteiger partial charge in [0, 0.05) is 142 Å². The lowest BCUT2D eigenvalue weighted by Gasteiger charge is -2.09. The Morgan fingerprint density at radius 2 is 0.877 bits per heavy atom. The number of carbonyl (C=O) groups is 4. The first kappa shape index (κ1) is 60.6. The number of rotatable bonds is 22. The number of fused-ring (bicyclic) bond motifs is 6. The molecule has 0 amide bonds. The van der Waals surface area contributed by atoms with Crippen molar-refractivity contribution < 1.29 is 28.7 Å². The molecule has 0 aliphatic heterocycles. The summed E-state index contributed by atoms with van der Waals surface area (Å²) in [4.78, 5) is 54.6. The molecule has 2 aromatic heterocycles. The Bertz CT molecular complexity index is 3810. The van der Waals surface area contributed by atoms with Crippen LogP contribution >= 0.6 is 59.2 Å². The number of aromatic nitrogens is 2. The first-order chi connectivity index (χ1) is 39.3. The van der Waals surface area contributed by atoms with Crippen LogP contribution in [0, 0.1) is 13.8 Å². The van der Waals surface area contributed by atoms with E-state index in [0.29, 0.717) is 98.0 Å². The molecular weight excluding hydrogens is 1110 g/mol. The minimum atomic E-state index is -0.000408. The van der Waals surface area contributed by atoms with Crippen molar-refractivity contribution in [2.45, 2.75) is 76.3 Å². The molecule has 0 unspecified atom stereocenters. The van der Waals surface area contributed by atoms with E-state index in [9.17, 15) is 19.2 Å². The van der Waals surface area contributed by atoms with E-state index in [1.807, 2.05) is 198 Å². The summed E-state index contributed by atoms with van der Waals surface area (Å²) in [6.45, 7) is 11.7. The standard InChI is InChI=1S/C34H32ClNO3S.C28H28ClNO3.C6H5ClS/c1-3-39-19-18-36-31-16-10-24(33(37)9-6-20-40-27-14-12-26(35)13-15-27)21-29(31)30-22-25(11-17-32(30)36)34(38)28-8-5-4-7-23(28)2;1-3-33-16-15-30-25-12-10-20(27(31)9-6-14-29)17-23(25)24-18-21(11-13-26(24)30)28(32)22-8-5-4-7-19(22)2;7-5-1-3-6(8)4-2-5/h4-5,7-8,10-17,21-22H,3,6,9,18-20H2,1-2H3;4-5,7-8,10-13,17-18H,3,6,9,14-16H2,1-2H3;1-4,8H. The number of thioether (sulfide) groups is 1. The number of Topliss-reactive ketones (excluding diaryl/α,β-unsaturated/α-hetero) is 2. The number of carbonyl (C=O) groups excluding carboxylic acids is 4. The maximum absolute atomic E-state index is 13.4. The van der Waals surface area contributed by atoms with E-state index in [-0.39, 0.29) is 23.1 Å². The van der Waals surface area contributed by atoms with Crippen molar-refractivity contribution in [3.8, 4) is 0 Å². The monoisotopic (exact) mass is 1170 g/mol. The Morgan fingerprint density at radius 3 is 1.27 bits per heavy atom. The second-order valence-corrected chi connectivity index (χ2v) is 22.4. The molecule has 0 aliphatic carbocycles. The van der Waals surface area contributed by atoms with E-state index in [2.05, 4.69) is 21.8 Å². The smallest absolute Gasteiger partial charge is 0.193 e. The van der Waals surface area contributed by atoms with E-state index in [4.69, 9.17) is 44.3 Å². The Kier molecular flexibility index (Phi) is 22.1. The zero-order valence-corrected chi connectivity index (χ0v) is 50.0. The number of ether oxygens (including phenoxy) is 2. The largest absolute Gasteiger partial charge is 0.380 e. The summed E-state index contributed by atoms with van der Waals surface area (Å²) in [5, 5.41) is 5.36. The van der Waals surface area contributed by atoms with Crippen molar-refractivity contribution in [3.63, 3.8) is 0 Å². The average molecular weight is 1180 g/mol. The van der Waals surface area contributed by atoms with Crippen LogP contribution in [0.15, 0.2) is 180 Å². The van der Waals surface area contributed by atoms with E-state index >= 15 is 0 Å². The molecule has 0 radical (unpaired) electrons. The SMILES string of the molecule is CCOCCn1c2ccc(C(=O)CCCCl)cc2c2cc(C(=O)c3ccccc3C)ccc21.CCOCCn1c2ccc(C(=O)CCCSc3ccc(Cl)cc3)cc2c2cc(C(=O)c3ccccc3C)ccc21.Sc1ccc(Cl)cc1. The summed E-state index contributed by atoms with van der Waals surface area (Å²) in [7, 11) is 0. The second-order valence-electron chi connectivity index (χ2n) is 19.4. The lowest BCUT2D eigenvalue weighted by atomic mass is 9.97. The average Bonchev–Trinajstić information content (AvgIpc) is 4.10. The zero-order chi connectivity index (χ0) is 57.4. The maximum atomic E-state index is 13.4. The molecule has 10 rings (SSSR count). The molecule has 10 aromatic rings. The predicted molar refractivity (Wildman–Crippen MR) is 340 cm³/mol. The van der Waals surface area contributed by atoms with E-state index < -0.39 is 0 Å². The van der Waals surface area contributed by atoms with Crippen molar-refractivity contribution in [3.05, 3.63) is 224 Å². The van der Waals surface area contributed by atoms with Crippen LogP contribution in [-0.4, -0.2) is 70.3 Å². The molecule has 13 heteroatoms. The zero-order valence-electron chi connectivity index (χ0n) is 46.0. The van der Waals surface area contributed by atoms with E-state index in [1.54, 1.807) is 11.8 Å². The highest BCUT2D eigenvalue weighted by atomic mass is 35.5. The highest BCUT2D eigenvalue weighted by molar-refractivity contribution is 7.99. The van der Waals surface area contributed by atoms with Gasteiger partial charge >= 0.3 is 0 Å². The molecular formula is C68H65Cl3N2O6S2. The van der Waals surface area contributed by atoms with Gasteiger partial charge < -0.3 is 18.6 Å². The summed E-state index contributed by atoms with van der Waals surface area (Å²) >= 11 is 23.1. The molecule has 2 heterocycles. The third-order valence-corrected chi connectivity index (χ3v) is 16.2. The van der Waals surface area contributed by atoms with Gasteiger partial charge in [-0.3, -0.25) is 19.2 Å². The van der Waals surface area contributed by atoms with Gasteiger partial charge in [0.25, 0.3) is 0 Å². The number of ketones is 4. The molecule has 0 spiro atoms. The van der Waals surface area contributed by atoms with Crippen LogP contribution in [-0.2, 0) is 22.6 Å². The molecule has 0 saturated carbocycles. The Labute approximate surface area is 499 Å². The van der Waals surface area contributed by atoms with Crippen LogP contribution in [0.1, 0.15) is 103 Å². The Balaban J connectivity index is 0.000000189. The number of thiol groups is 1. The van der Waals surface area contributed by atoms with Gasteiger partial charge in [0.05, 0.1) is 13.2 Å². The third kappa shape index (κ3) is 15.4. The van der Waals surface area contributed by atoms with Gasteiger partial charge in [-0.25, -0.2) is 0 Å². The number of alkyl halides is 1. The van der Waals surface area contributed by atoms with Crippen LogP contribution in [0.3, 0.4) is 0 Å². The Hall–Kier alpha value is -6.47. The van der Waals surface area contributed by atoms with Gasteiger partial charge in [-0.2, -0.15) is 0 Å². The number of benzene rings is 8. The van der Waals surface area contributed by atoms with E-state index in [0.717, 1.165) is 86.7 Å². The number of nitrogens with zero attached hydrogens (tertiary/aromatic N) is 2. The second kappa shape index (κ2) is 29.5. The summed E-state index contributed by atoms with van der Waals surface area (Å²) in [6, 6.07) is 53.9. The molecule has 0 fully saturated rings. The summed E-state index contributed by atoms with van der Waals surface area (Å²) in [5.74, 6) is 1.53. The molecule has 416 valence electrons. The van der Waals surface area contributed by atoms with Gasteiger partial charge in [-0.05, 0) is 179 Å². The fraction of sp³-hybridized carbons (Fsp3) is 0.235. The van der Waals surface area contributed by atoms with Crippen LogP contribution < -0.4 is 0 Å². The van der Waals surface area contributed by atoms with Crippen molar-refractivity contribution in [1.29, 1.82) is 0 Å². The quantitative estimate of drug-likeness (QED) is 0.0237. The molecule has 0 aliphatic rings. The number of hydrogen-bond acceptors (Lipinski definition) is 8. The fourth-order valence-electron chi connectivity index (χ4n) is 9.80. The first-order valence-corrected chi connectivity index (χ1v) is 30.0. The van der Waals surface area contributed by atoms with Gasteiger partial charge in [-0.1, -0.05) is 71.7 Å². The highest BCUT2D eigenvalue weighted by Crippen LogP contribution is 2.34. The summed E-state index contributed by atoms with van der Waals surface area (Å²) in [6.07, 6.45) is 2.35. The molecule has 8 aromatic carbocycles. The van der Waals surface area contributed by atoms with Gasteiger partial charge in [0.15, 0.2) is 23.1 Å². The van der Waals surface area contributed by atoms with Crippen LogP contribution in [0.5, 0.6) is 0 Å². The van der Waals surface area contributed by atoms with Crippen molar-refractivity contribution >= 4 is 126 Å². The van der Waals surface area contributed by atoms with Crippen molar-refractivity contribution in [2.24, 2.45) is 0 Å². The first-order valence-electron chi connectivity index (χ1n) is 27.2. The third-order valence-electron chi connectivity index (χ3n) is 14.0. The molecule has 0 saturated heterocycles. The normalized spacial score (nSPS) is 11.2. The number of aryl methyl sites for hydroxylation is 2. The maximum Gasteiger partial charge on any atom is 0.193 e. The molecule has 0 atom stereocenters. The van der Waals surface area contributed by atoms with Gasteiger partial charge in [0.2, 0.25) is 0 Å². The fourth-order valence-corrected chi connectivity index (χ4v) is 11.2. The van der Waals surface area contributed by atoms with Crippen LogP contribution in [0.4, 0.5) is 0 Å². The summed E-state index contributed by atoms with van der Waals surface area (Å²) in [5.41, 5.74) is 10.1.